The van der Waals surface area contributed by atoms with Crippen LogP contribution in [-0.2, 0) is 6.54 Å². The molecule has 2 aromatic rings. The van der Waals surface area contributed by atoms with Crippen LogP contribution in [0.1, 0.15) is 21.0 Å². The summed E-state index contributed by atoms with van der Waals surface area (Å²) in [4.78, 5) is 13.4. The molecule has 0 aromatic carbocycles. The van der Waals surface area contributed by atoms with Crippen LogP contribution in [0.3, 0.4) is 0 Å². The highest BCUT2D eigenvalue weighted by Gasteiger charge is 2.09. The summed E-state index contributed by atoms with van der Waals surface area (Å²) in [5, 5.41) is 10.4. The highest BCUT2D eigenvalue weighted by molar-refractivity contribution is 7.14. The molecular weight excluding hydrogens is 250 g/mol. The molecule has 0 aliphatic rings. The number of anilines is 1. The molecule has 0 saturated carbocycles. The van der Waals surface area contributed by atoms with E-state index in [-0.39, 0.29) is 5.91 Å². The second kappa shape index (κ2) is 5.63. The van der Waals surface area contributed by atoms with Gasteiger partial charge in [-0.3, -0.25) is 9.48 Å². The van der Waals surface area contributed by atoms with Gasteiger partial charge in [-0.1, -0.05) is 5.21 Å². The zero-order chi connectivity index (χ0) is 13.0. The number of nitrogens with zero attached hydrogens (tertiary/aromatic N) is 3. The summed E-state index contributed by atoms with van der Waals surface area (Å²) in [6.45, 7) is 3.25. The van der Waals surface area contributed by atoms with Crippen molar-refractivity contribution in [3.63, 3.8) is 0 Å². The molecule has 0 bridgehead atoms. The normalized spacial score (nSPS) is 10.5. The number of rotatable bonds is 5. The zero-order valence-corrected chi connectivity index (χ0v) is 10.9. The fraction of sp³-hybridized carbons (Fsp3) is 0.364. The Morgan fingerprint density at radius 3 is 3.06 bits per heavy atom. The van der Waals surface area contributed by atoms with Crippen molar-refractivity contribution in [2.45, 2.75) is 19.9 Å². The molecule has 0 aliphatic carbocycles. The molecule has 0 spiro atoms. The van der Waals surface area contributed by atoms with Crippen LogP contribution in [0.15, 0.2) is 18.5 Å². The van der Waals surface area contributed by atoms with Crippen molar-refractivity contribution < 1.29 is 4.79 Å². The maximum absolute atomic E-state index is 11.8. The van der Waals surface area contributed by atoms with Crippen molar-refractivity contribution >= 4 is 22.9 Å². The summed E-state index contributed by atoms with van der Waals surface area (Å²) in [5.41, 5.74) is 6.38. The first kappa shape index (κ1) is 12.6. The molecule has 6 nitrogen and oxygen atoms in total. The number of nitrogen functional groups attached to an aromatic ring is 1. The molecule has 0 radical (unpaired) electrons. The minimum Gasteiger partial charge on any atom is -0.398 e. The van der Waals surface area contributed by atoms with E-state index in [1.807, 2.05) is 6.92 Å². The lowest BCUT2D eigenvalue weighted by atomic mass is 10.3. The molecule has 3 N–H and O–H groups in total. The van der Waals surface area contributed by atoms with Gasteiger partial charge in [0.15, 0.2) is 0 Å². The van der Waals surface area contributed by atoms with Crippen LogP contribution in [0.5, 0.6) is 0 Å². The maximum Gasteiger partial charge on any atom is 0.261 e. The van der Waals surface area contributed by atoms with Gasteiger partial charge in [0, 0.05) is 29.9 Å². The van der Waals surface area contributed by atoms with Gasteiger partial charge in [0.2, 0.25) is 0 Å². The van der Waals surface area contributed by atoms with Gasteiger partial charge in [0.1, 0.15) is 0 Å². The van der Waals surface area contributed by atoms with Gasteiger partial charge in [-0.15, -0.1) is 16.4 Å². The van der Waals surface area contributed by atoms with Gasteiger partial charge < -0.3 is 11.1 Å². The van der Waals surface area contributed by atoms with E-state index in [2.05, 4.69) is 15.6 Å². The number of carbonyl (C=O) groups excluding carboxylic acids is 1. The number of thiophene rings is 1. The standard InChI is InChI=1S/C11H15N5OS/c1-8-9(12)7-10(18-8)11(17)13-3-2-5-16-6-4-14-15-16/h4,6-7H,2-3,5,12H2,1H3,(H,13,17). The third-order valence-electron chi connectivity index (χ3n) is 2.50. The summed E-state index contributed by atoms with van der Waals surface area (Å²) >= 11 is 1.41. The Hall–Kier alpha value is -1.89. The highest BCUT2D eigenvalue weighted by atomic mass is 32.1. The number of hydrogen-bond donors (Lipinski definition) is 2. The molecule has 2 aromatic heterocycles. The van der Waals surface area contributed by atoms with E-state index < -0.39 is 0 Å². The van der Waals surface area contributed by atoms with Crippen molar-refractivity contribution in [3.8, 4) is 0 Å². The molecule has 0 atom stereocenters. The number of carbonyl (C=O) groups is 1. The molecule has 2 rings (SSSR count). The summed E-state index contributed by atoms with van der Waals surface area (Å²) in [5.74, 6) is -0.0709. The molecule has 0 aliphatic heterocycles. The van der Waals surface area contributed by atoms with Crippen molar-refractivity contribution in [2.75, 3.05) is 12.3 Å². The topological polar surface area (TPSA) is 85.8 Å². The van der Waals surface area contributed by atoms with Gasteiger partial charge in [-0.25, -0.2) is 0 Å². The van der Waals surface area contributed by atoms with E-state index in [9.17, 15) is 4.79 Å². The van der Waals surface area contributed by atoms with E-state index in [4.69, 9.17) is 5.73 Å². The average Bonchev–Trinajstić information content (AvgIpc) is 2.96. The molecule has 18 heavy (non-hydrogen) atoms. The molecule has 0 fully saturated rings. The van der Waals surface area contributed by atoms with Crippen LogP contribution < -0.4 is 11.1 Å². The van der Waals surface area contributed by atoms with E-state index in [1.54, 1.807) is 23.1 Å². The van der Waals surface area contributed by atoms with Gasteiger partial charge in [-0.2, -0.15) is 0 Å². The second-order valence-electron chi connectivity index (χ2n) is 3.90. The molecule has 0 unspecified atom stereocenters. The van der Waals surface area contributed by atoms with Crippen LogP contribution in [0, 0.1) is 6.92 Å². The minimum absolute atomic E-state index is 0.0709. The molecule has 1 amide bonds. The maximum atomic E-state index is 11.8. The lowest BCUT2D eigenvalue weighted by Gasteiger charge is -2.03. The number of nitrogens with one attached hydrogen (secondary N) is 1. The van der Waals surface area contributed by atoms with Crippen LogP contribution in [0.25, 0.3) is 0 Å². The van der Waals surface area contributed by atoms with Crippen LogP contribution in [0.4, 0.5) is 5.69 Å². The van der Waals surface area contributed by atoms with Gasteiger partial charge in [-0.05, 0) is 19.4 Å². The Bertz CT molecular complexity index is 500. The summed E-state index contributed by atoms with van der Waals surface area (Å²) < 4.78 is 1.74. The van der Waals surface area contributed by atoms with E-state index in [0.29, 0.717) is 17.1 Å². The van der Waals surface area contributed by atoms with E-state index in [0.717, 1.165) is 17.8 Å². The largest absolute Gasteiger partial charge is 0.398 e. The number of aryl methyl sites for hydroxylation is 2. The van der Waals surface area contributed by atoms with Crippen LogP contribution in [-0.4, -0.2) is 27.4 Å². The molecule has 0 saturated heterocycles. The predicted octanol–water partition coefficient (Wildman–Crippen LogP) is 1.05. The van der Waals surface area contributed by atoms with Crippen LogP contribution in [0.2, 0.25) is 0 Å². The quantitative estimate of drug-likeness (QED) is 0.791. The minimum atomic E-state index is -0.0709. The van der Waals surface area contributed by atoms with E-state index in [1.165, 1.54) is 11.3 Å². The van der Waals surface area contributed by atoms with Crippen molar-refractivity contribution in [3.05, 3.63) is 28.2 Å². The van der Waals surface area contributed by atoms with E-state index >= 15 is 0 Å². The number of nitrogens with two attached hydrogens (primary N) is 1. The first-order valence-corrected chi connectivity index (χ1v) is 6.46. The first-order chi connectivity index (χ1) is 8.66. The average molecular weight is 265 g/mol. The Kier molecular flexibility index (Phi) is 3.93. The fourth-order valence-corrected chi connectivity index (χ4v) is 2.35. The molecule has 7 heteroatoms. The summed E-state index contributed by atoms with van der Waals surface area (Å²) in [6, 6.07) is 1.72. The number of hydrogen-bond acceptors (Lipinski definition) is 5. The summed E-state index contributed by atoms with van der Waals surface area (Å²) in [6.07, 6.45) is 4.25. The zero-order valence-electron chi connectivity index (χ0n) is 10.1. The van der Waals surface area contributed by atoms with Crippen LogP contribution >= 0.6 is 11.3 Å². The molecular formula is C11H15N5OS. The van der Waals surface area contributed by atoms with Crippen molar-refractivity contribution in [2.24, 2.45) is 0 Å². The van der Waals surface area contributed by atoms with Crippen molar-refractivity contribution in [1.82, 2.24) is 20.3 Å². The second-order valence-corrected chi connectivity index (χ2v) is 5.15. The SMILES string of the molecule is Cc1sc(C(=O)NCCCn2ccnn2)cc1N. The third-order valence-corrected chi connectivity index (χ3v) is 3.57. The Labute approximate surface area is 109 Å². The van der Waals surface area contributed by atoms with Crippen molar-refractivity contribution in [1.29, 1.82) is 0 Å². The lowest BCUT2D eigenvalue weighted by Crippen LogP contribution is -2.24. The molecule has 2 heterocycles. The number of amides is 1. The monoisotopic (exact) mass is 265 g/mol. The summed E-state index contributed by atoms with van der Waals surface area (Å²) in [7, 11) is 0. The molecule has 96 valence electrons. The third kappa shape index (κ3) is 3.07. The Morgan fingerprint density at radius 1 is 1.61 bits per heavy atom. The van der Waals surface area contributed by atoms with Gasteiger partial charge >= 0.3 is 0 Å². The first-order valence-electron chi connectivity index (χ1n) is 5.65. The highest BCUT2D eigenvalue weighted by Crippen LogP contribution is 2.22. The Balaban J connectivity index is 1.75. The van der Waals surface area contributed by atoms with Gasteiger partial charge in [0.25, 0.3) is 5.91 Å². The predicted molar refractivity (Wildman–Crippen MR) is 70.4 cm³/mol. The number of aromatic nitrogens is 3. The van der Waals surface area contributed by atoms with Gasteiger partial charge in [0.05, 0.1) is 11.1 Å². The fourth-order valence-electron chi connectivity index (χ4n) is 1.49. The smallest absolute Gasteiger partial charge is 0.261 e. The Morgan fingerprint density at radius 2 is 2.44 bits per heavy atom. The lowest BCUT2D eigenvalue weighted by molar-refractivity contribution is 0.0956.